The van der Waals surface area contributed by atoms with Gasteiger partial charge >= 0.3 is 0 Å². The minimum Gasteiger partial charge on any atom is -0.354 e. The molecule has 1 aromatic carbocycles. The molecule has 0 saturated carbocycles. The van der Waals surface area contributed by atoms with E-state index in [1.54, 1.807) is 19.1 Å². The van der Waals surface area contributed by atoms with Crippen molar-refractivity contribution in [3.8, 4) is 0 Å². The number of likely N-dealkylation sites (N-methyl/N-ethyl adjacent to an activating group) is 1. The zero-order valence-electron chi connectivity index (χ0n) is 11.7. The van der Waals surface area contributed by atoms with E-state index < -0.39 is 0 Å². The number of hydrogen-bond donors (Lipinski definition) is 2. The SMILES string of the molecule is CC(N)CC(=O)NCC(c1ccc(F)cc1)N(C)C. The molecule has 1 amide bonds. The van der Waals surface area contributed by atoms with Gasteiger partial charge in [0.15, 0.2) is 0 Å². The van der Waals surface area contributed by atoms with Crippen LogP contribution in [0.15, 0.2) is 24.3 Å². The summed E-state index contributed by atoms with van der Waals surface area (Å²) >= 11 is 0. The highest BCUT2D eigenvalue weighted by atomic mass is 19.1. The van der Waals surface area contributed by atoms with Crippen molar-refractivity contribution in [3.63, 3.8) is 0 Å². The molecule has 0 aliphatic heterocycles. The van der Waals surface area contributed by atoms with Gasteiger partial charge in [-0.15, -0.1) is 0 Å². The van der Waals surface area contributed by atoms with E-state index in [4.69, 9.17) is 5.73 Å². The molecule has 2 atom stereocenters. The molecule has 0 aliphatic rings. The zero-order chi connectivity index (χ0) is 14.4. The van der Waals surface area contributed by atoms with Crippen LogP contribution in [-0.4, -0.2) is 37.5 Å². The van der Waals surface area contributed by atoms with Gasteiger partial charge in [0.05, 0.1) is 6.04 Å². The van der Waals surface area contributed by atoms with Gasteiger partial charge in [-0.05, 0) is 38.7 Å². The second-order valence-corrected chi connectivity index (χ2v) is 5.02. The van der Waals surface area contributed by atoms with E-state index in [2.05, 4.69) is 5.32 Å². The molecule has 19 heavy (non-hydrogen) atoms. The number of nitrogens with two attached hydrogens (primary N) is 1. The number of rotatable bonds is 6. The predicted octanol–water partition coefficient (Wildman–Crippen LogP) is 1.28. The molecule has 0 radical (unpaired) electrons. The second-order valence-electron chi connectivity index (χ2n) is 5.02. The third-order valence-electron chi connectivity index (χ3n) is 2.88. The van der Waals surface area contributed by atoms with Crippen LogP contribution >= 0.6 is 0 Å². The van der Waals surface area contributed by atoms with E-state index >= 15 is 0 Å². The fourth-order valence-corrected chi connectivity index (χ4v) is 1.86. The Morgan fingerprint density at radius 1 is 1.37 bits per heavy atom. The van der Waals surface area contributed by atoms with Gasteiger partial charge in [0.2, 0.25) is 5.91 Å². The number of carbonyl (C=O) groups excluding carboxylic acids is 1. The van der Waals surface area contributed by atoms with E-state index in [1.165, 1.54) is 12.1 Å². The molecule has 0 fully saturated rings. The summed E-state index contributed by atoms with van der Waals surface area (Å²) in [6, 6.07) is 6.18. The van der Waals surface area contributed by atoms with Crippen LogP contribution in [0.1, 0.15) is 24.9 Å². The number of nitrogens with zero attached hydrogens (tertiary/aromatic N) is 1. The molecule has 0 spiro atoms. The van der Waals surface area contributed by atoms with Crippen LogP contribution in [0, 0.1) is 5.82 Å². The van der Waals surface area contributed by atoms with Crippen molar-refractivity contribution in [1.82, 2.24) is 10.2 Å². The van der Waals surface area contributed by atoms with Gasteiger partial charge in [-0.3, -0.25) is 4.79 Å². The maximum absolute atomic E-state index is 12.9. The highest BCUT2D eigenvalue weighted by molar-refractivity contribution is 5.76. The lowest BCUT2D eigenvalue weighted by Crippen LogP contribution is -2.36. The molecule has 3 N–H and O–H groups in total. The Balaban J connectivity index is 2.64. The predicted molar refractivity (Wildman–Crippen MR) is 74.1 cm³/mol. The van der Waals surface area contributed by atoms with Crippen LogP contribution in [0.25, 0.3) is 0 Å². The maximum Gasteiger partial charge on any atom is 0.221 e. The summed E-state index contributed by atoms with van der Waals surface area (Å²) in [4.78, 5) is 13.6. The van der Waals surface area contributed by atoms with Crippen LogP contribution in [0.5, 0.6) is 0 Å². The first-order valence-corrected chi connectivity index (χ1v) is 6.34. The third-order valence-corrected chi connectivity index (χ3v) is 2.88. The smallest absolute Gasteiger partial charge is 0.221 e. The topological polar surface area (TPSA) is 58.4 Å². The molecule has 2 unspecified atom stereocenters. The Labute approximate surface area is 113 Å². The number of nitrogens with one attached hydrogen (secondary N) is 1. The first-order chi connectivity index (χ1) is 8.90. The fourth-order valence-electron chi connectivity index (χ4n) is 1.86. The van der Waals surface area contributed by atoms with Crippen molar-refractivity contribution in [3.05, 3.63) is 35.6 Å². The van der Waals surface area contributed by atoms with Gasteiger partial charge in [-0.2, -0.15) is 0 Å². The van der Waals surface area contributed by atoms with Crippen LogP contribution in [0.3, 0.4) is 0 Å². The molecular formula is C14H22FN3O. The van der Waals surface area contributed by atoms with Crippen molar-refractivity contribution in [2.24, 2.45) is 5.73 Å². The number of carbonyl (C=O) groups is 1. The average Bonchev–Trinajstić information content (AvgIpc) is 2.30. The molecule has 0 heterocycles. The monoisotopic (exact) mass is 267 g/mol. The third kappa shape index (κ3) is 5.36. The molecule has 0 saturated heterocycles. The Kier molecular flexibility index (Phi) is 5.92. The molecule has 0 aromatic heterocycles. The van der Waals surface area contributed by atoms with Gasteiger partial charge in [0.25, 0.3) is 0 Å². The summed E-state index contributed by atoms with van der Waals surface area (Å²) < 4.78 is 12.9. The highest BCUT2D eigenvalue weighted by Crippen LogP contribution is 2.17. The lowest BCUT2D eigenvalue weighted by Gasteiger charge is -2.25. The van der Waals surface area contributed by atoms with E-state index in [-0.39, 0.29) is 23.8 Å². The normalized spacial score (nSPS) is 14.2. The average molecular weight is 267 g/mol. The van der Waals surface area contributed by atoms with Crippen LogP contribution in [0.4, 0.5) is 4.39 Å². The van der Waals surface area contributed by atoms with Gasteiger partial charge < -0.3 is 16.0 Å². The van der Waals surface area contributed by atoms with Gasteiger partial charge in [-0.25, -0.2) is 4.39 Å². The lowest BCUT2D eigenvalue weighted by atomic mass is 10.1. The van der Waals surface area contributed by atoms with E-state index in [1.807, 2.05) is 19.0 Å². The molecule has 1 aromatic rings. The van der Waals surface area contributed by atoms with E-state index in [0.29, 0.717) is 13.0 Å². The Morgan fingerprint density at radius 2 is 1.95 bits per heavy atom. The summed E-state index contributed by atoms with van der Waals surface area (Å²) in [5.41, 5.74) is 6.54. The standard InChI is InChI=1S/C14H22FN3O/c1-10(16)8-14(19)17-9-13(18(2)3)11-4-6-12(15)7-5-11/h4-7,10,13H,8-9,16H2,1-3H3,(H,17,19). The van der Waals surface area contributed by atoms with Crippen molar-refractivity contribution in [1.29, 1.82) is 0 Å². The molecule has 4 nitrogen and oxygen atoms in total. The molecule has 0 aliphatic carbocycles. The Morgan fingerprint density at radius 3 is 2.42 bits per heavy atom. The van der Waals surface area contributed by atoms with E-state index in [0.717, 1.165) is 5.56 Å². The lowest BCUT2D eigenvalue weighted by molar-refractivity contribution is -0.121. The Bertz CT molecular complexity index is 404. The van der Waals surface area contributed by atoms with E-state index in [9.17, 15) is 9.18 Å². The number of benzene rings is 1. The van der Waals surface area contributed by atoms with Crippen molar-refractivity contribution < 1.29 is 9.18 Å². The van der Waals surface area contributed by atoms with Crippen molar-refractivity contribution in [2.45, 2.75) is 25.4 Å². The Hall–Kier alpha value is -1.46. The summed E-state index contributed by atoms with van der Waals surface area (Å²) in [6.07, 6.45) is 0.309. The summed E-state index contributed by atoms with van der Waals surface area (Å²) in [7, 11) is 3.84. The number of hydrogen-bond acceptors (Lipinski definition) is 3. The molecular weight excluding hydrogens is 245 g/mol. The minimum absolute atomic E-state index is 0.0117. The quantitative estimate of drug-likeness (QED) is 0.816. The van der Waals surface area contributed by atoms with Crippen molar-refractivity contribution in [2.75, 3.05) is 20.6 Å². The van der Waals surface area contributed by atoms with Gasteiger partial charge in [-0.1, -0.05) is 12.1 Å². The molecule has 5 heteroatoms. The second kappa shape index (κ2) is 7.21. The van der Waals surface area contributed by atoms with Crippen LogP contribution in [-0.2, 0) is 4.79 Å². The first kappa shape index (κ1) is 15.6. The summed E-state index contributed by atoms with van der Waals surface area (Å²) in [5, 5.41) is 2.85. The van der Waals surface area contributed by atoms with Crippen LogP contribution in [0.2, 0.25) is 0 Å². The molecule has 106 valence electrons. The number of halogens is 1. The largest absolute Gasteiger partial charge is 0.354 e. The zero-order valence-corrected chi connectivity index (χ0v) is 11.7. The minimum atomic E-state index is -0.262. The highest BCUT2D eigenvalue weighted by Gasteiger charge is 2.15. The summed E-state index contributed by atoms with van der Waals surface area (Å²) in [5.74, 6) is -0.328. The number of amides is 1. The van der Waals surface area contributed by atoms with Gasteiger partial charge in [0, 0.05) is 19.0 Å². The van der Waals surface area contributed by atoms with Crippen molar-refractivity contribution >= 4 is 5.91 Å². The maximum atomic E-state index is 12.9. The first-order valence-electron chi connectivity index (χ1n) is 6.34. The molecule has 1 rings (SSSR count). The van der Waals surface area contributed by atoms with Crippen LogP contribution < -0.4 is 11.1 Å². The summed E-state index contributed by atoms with van der Waals surface area (Å²) in [6.45, 7) is 2.27. The fraction of sp³-hybridized carbons (Fsp3) is 0.500. The van der Waals surface area contributed by atoms with Gasteiger partial charge in [0.1, 0.15) is 5.82 Å². The molecule has 0 bridgehead atoms.